The molecule has 7 heteroatoms. The van der Waals surface area contributed by atoms with E-state index in [1.807, 2.05) is 22.5 Å². The maximum Gasteiger partial charge on any atom is 0.149 e. The maximum atomic E-state index is 4.17. The van der Waals surface area contributed by atoms with E-state index in [1.165, 1.54) is 0 Å². The van der Waals surface area contributed by atoms with E-state index in [4.69, 9.17) is 0 Å². The molecule has 2 aromatic heterocycles. The highest BCUT2D eigenvalue weighted by Crippen LogP contribution is 2.12. The summed E-state index contributed by atoms with van der Waals surface area (Å²) in [6.45, 7) is 9.01. The lowest BCUT2D eigenvalue weighted by molar-refractivity contribution is 0.347. The fourth-order valence-electron chi connectivity index (χ4n) is 1.74. The monoisotopic (exact) mass is 263 g/mol. The molecule has 104 valence electrons. The molecule has 0 radical (unpaired) electrons. The number of hydrogen-bond donors (Lipinski definition) is 1. The van der Waals surface area contributed by atoms with Crippen LogP contribution in [0.1, 0.15) is 45.3 Å². The molecule has 0 aliphatic carbocycles. The van der Waals surface area contributed by atoms with Crippen molar-refractivity contribution in [1.82, 2.24) is 35.1 Å². The number of rotatable bonds is 4. The van der Waals surface area contributed by atoms with Crippen LogP contribution in [-0.4, -0.2) is 29.8 Å². The summed E-state index contributed by atoms with van der Waals surface area (Å²) in [6.07, 6.45) is 3.67. The fourth-order valence-corrected chi connectivity index (χ4v) is 1.74. The van der Waals surface area contributed by atoms with Gasteiger partial charge in [-0.1, -0.05) is 5.21 Å². The van der Waals surface area contributed by atoms with Gasteiger partial charge < -0.3 is 9.88 Å². The Hall–Kier alpha value is -1.76. The lowest BCUT2D eigenvalue weighted by Crippen LogP contribution is -2.22. The Kier molecular flexibility index (Phi) is 3.66. The van der Waals surface area contributed by atoms with Crippen LogP contribution in [0.4, 0.5) is 0 Å². The molecule has 2 heterocycles. The van der Waals surface area contributed by atoms with Gasteiger partial charge in [-0.2, -0.15) is 0 Å². The van der Waals surface area contributed by atoms with Gasteiger partial charge in [-0.05, 0) is 27.7 Å². The molecule has 0 spiro atoms. The highest BCUT2D eigenvalue weighted by Gasteiger charge is 2.16. The van der Waals surface area contributed by atoms with Crippen LogP contribution in [0.3, 0.4) is 0 Å². The molecular formula is C12H21N7. The summed E-state index contributed by atoms with van der Waals surface area (Å²) in [5, 5.41) is 19.6. The minimum absolute atomic E-state index is 0.0412. The lowest BCUT2D eigenvalue weighted by atomic mass is 10.1. The Morgan fingerprint density at radius 1 is 1.32 bits per heavy atom. The Morgan fingerprint density at radius 2 is 2.05 bits per heavy atom. The molecule has 1 unspecified atom stereocenters. The molecule has 0 bridgehead atoms. The normalized spacial score (nSPS) is 13.7. The van der Waals surface area contributed by atoms with Gasteiger partial charge in [-0.25, -0.2) is 4.68 Å². The van der Waals surface area contributed by atoms with E-state index in [0.717, 1.165) is 11.5 Å². The number of hydrogen-bond acceptors (Lipinski definition) is 5. The molecule has 0 fully saturated rings. The second-order valence-corrected chi connectivity index (χ2v) is 5.73. The van der Waals surface area contributed by atoms with Gasteiger partial charge in [0.2, 0.25) is 0 Å². The zero-order valence-corrected chi connectivity index (χ0v) is 12.1. The van der Waals surface area contributed by atoms with Gasteiger partial charge >= 0.3 is 0 Å². The second-order valence-electron chi connectivity index (χ2n) is 5.73. The Balaban J connectivity index is 1.96. The summed E-state index contributed by atoms with van der Waals surface area (Å²) < 4.78 is 3.78. The number of aryl methyl sites for hydroxylation is 1. The third-order valence-corrected chi connectivity index (χ3v) is 2.95. The largest absolute Gasteiger partial charge is 0.319 e. The predicted octanol–water partition coefficient (Wildman–Crippen LogP) is 1.01. The zero-order chi connectivity index (χ0) is 14.0. The summed E-state index contributed by atoms with van der Waals surface area (Å²) in [7, 11) is 1.93. The van der Waals surface area contributed by atoms with Crippen molar-refractivity contribution in [2.24, 2.45) is 7.05 Å². The highest BCUT2D eigenvalue weighted by molar-refractivity contribution is 4.97. The quantitative estimate of drug-likeness (QED) is 0.891. The van der Waals surface area contributed by atoms with Crippen molar-refractivity contribution in [3.8, 4) is 0 Å². The van der Waals surface area contributed by atoms with Crippen LogP contribution in [0.2, 0.25) is 0 Å². The van der Waals surface area contributed by atoms with E-state index >= 15 is 0 Å². The van der Waals surface area contributed by atoms with Gasteiger partial charge in [0, 0.05) is 13.6 Å². The van der Waals surface area contributed by atoms with Crippen LogP contribution < -0.4 is 5.32 Å². The van der Waals surface area contributed by atoms with Crippen LogP contribution in [0.15, 0.2) is 12.5 Å². The van der Waals surface area contributed by atoms with E-state index in [0.29, 0.717) is 6.54 Å². The summed E-state index contributed by atoms with van der Waals surface area (Å²) in [6, 6.07) is 0.118. The van der Waals surface area contributed by atoms with Crippen molar-refractivity contribution < 1.29 is 0 Å². The minimum atomic E-state index is -0.0412. The molecule has 0 saturated carbocycles. The molecule has 2 aromatic rings. The number of nitrogens with zero attached hydrogens (tertiary/aromatic N) is 6. The summed E-state index contributed by atoms with van der Waals surface area (Å²) >= 11 is 0. The molecule has 0 saturated heterocycles. The first-order valence-electron chi connectivity index (χ1n) is 6.37. The van der Waals surface area contributed by atoms with Gasteiger partial charge in [-0.3, -0.25) is 0 Å². The Labute approximate surface area is 113 Å². The van der Waals surface area contributed by atoms with Gasteiger partial charge in [0.15, 0.2) is 0 Å². The van der Waals surface area contributed by atoms with E-state index in [-0.39, 0.29) is 11.6 Å². The van der Waals surface area contributed by atoms with E-state index in [1.54, 1.807) is 6.33 Å². The van der Waals surface area contributed by atoms with Crippen molar-refractivity contribution >= 4 is 0 Å². The topological polar surface area (TPSA) is 73.5 Å². The standard InChI is InChI=1S/C12H21N7/c1-9(11-16-14-8-18(11)5)13-6-10-7-19(17-15-10)12(2,3)4/h7-9,13H,6H2,1-5H3. The molecule has 1 atom stereocenters. The van der Waals surface area contributed by atoms with Crippen molar-refractivity contribution in [3.05, 3.63) is 24.0 Å². The van der Waals surface area contributed by atoms with Crippen LogP contribution in [0, 0.1) is 0 Å². The van der Waals surface area contributed by atoms with Gasteiger partial charge in [-0.15, -0.1) is 15.3 Å². The number of aromatic nitrogens is 6. The van der Waals surface area contributed by atoms with E-state index in [2.05, 4.69) is 53.5 Å². The van der Waals surface area contributed by atoms with Gasteiger partial charge in [0.05, 0.1) is 23.5 Å². The SMILES string of the molecule is CC(NCc1cn(C(C)(C)C)nn1)c1nncn1C. The maximum absolute atomic E-state index is 4.17. The van der Waals surface area contributed by atoms with Crippen molar-refractivity contribution in [2.45, 2.75) is 45.8 Å². The Bertz CT molecular complexity index is 534. The lowest BCUT2D eigenvalue weighted by Gasteiger charge is -2.17. The first kappa shape index (κ1) is 13.7. The molecule has 0 aliphatic rings. The van der Waals surface area contributed by atoms with Crippen LogP contribution in [-0.2, 0) is 19.1 Å². The molecule has 0 aromatic carbocycles. The zero-order valence-electron chi connectivity index (χ0n) is 12.1. The average molecular weight is 263 g/mol. The fraction of sp³-hybridized carbons (Fsp3) is 0.667. The highest BCUT2D eigenvalue weighted by atomic mass is 15.4. The minimum Gasteiger partial charge on any atom is -0.319 e. The molecule has 19 heavy (non-hydrogen) atoms. The average Bonchev–Trinajstić information content (AvgIpc) is 2.93. The number of nitrogens with one attached hydrogen (secondary N) is 1. The van der Waals surface area contributed by atoms with Crippen LogP contribution >= 0.6 is 0 Å². The summed E-state index contributed by atoms with van der Waals surface area (Å²) in [5.41, 5.74) is 0.879. The summed E-state index contributed by atoms with van der Waals surface area (Å²) in [5.74, 6) is 0.906. The first-order chi connectivity index (χ1) is 8.88. The third kappa shape index (κ3) is 3.17. The first-order valence-corrected chi connectivity index (χ1v) is 6.37. The third-order valence-electron chi connectivity index (χ3n) is 2.95. The summed E-state index contributed by atoms with van der Waals surface area (Å²) in [4.78, 5) is 0. The van der Waals surface area contributed by atoms with Gasteiger partial charge in [0.25, 0.3) is 0 Å². The molecular weight excluding hydrogens is 242 g/mol. The van der Waals surface area contributed by atoms with E-state index in [9.17, 15) is 0 Å². The molecule has 0 aliphatic heterocycles. The predicted molar refractivity (Wildman–Crippen MR) is 71.3 cm³/mol. The van der Waals surface area contributed by atoms with E-state index < -0.39 is 0 Å². The van der Waals surface area contributed by atoms with Gasteiger partial charge in [0.1, 0.15) is 12.2 Å². The van der Waals surface area contributed by atoms with Crippen LogP contribution in [0.25, 0.3) is 0 Å². The Morgan fingerprint density at radius 3 is 2.58 bits per heavy atom. The molecule has 7 nitrogen and oxygen atoms in total. The second kappa shape index (κ2) is 5.08. The molecule has 1 N–H and O–H groups in total. The molecule has 0 amide bonds. The van der Waals surface area contributed by atoms with Crippen molar-refractivity contribution in [3.63, 3.8) is 0 Å². The van der Waals surface area contributed by atoms with Crippen LogP contribution in [0.5, 0.6) is 0 Å². The molecule has 2 rings (SSSR count). The van der Waals surface area contributed by atoms with Crippen molar-refractivity contribution in [1.29, 1.82) is 0 Å². The smallest absolute Gasteiger partial charge is 0.149 e. The van der Waals surface area contributed by atoms with Crippen molar-refractivity contribution in [2.75, 3.05) is 0 Å².